The van der Waals surface area contributed by atoms with Gasteiger partial charge in [-0.05, 0) is 77.3 Å². The molecular formula is C25H21BrCl3N3O4. The Morgan fingerprint density at radius 3 is 2.53 bits per heavy atom. The summed E-state index contributed by atoms with van der Waals surface area (Å²) in [5.41, 5.74) is 4.64. The van der Waals surface area contributed by atoms with Crippen LogP contribution in [0.3, 0.4) is 0 Å². The van der Waals surface area contributed by atoms with E-state index in [1.807, 2.05) is 6.92 Å². The lowest BCUT2D eigenvalue weighted by Gasteiger charge is -2.15. The number of halogens is 4. The second kappa shape index (κ2) is 13.0. The smallest absolute Gasteiger partial charge is 0.329 e. The molecule has 0 unspecified atom stereocenters. The van der Waals surface area contributed by atoms with Crippen molar-refractivity contribution in [2.75, 3.05) is 11.9 Å². The van der Waals surface area contributed by atoms with Crippen molar-refractivity contribution in [3.63, 3.8) is 0 Å². The van der Waals surface area contributed by atoms with Crippen LogP contribution in [-0.4, -0.2) is 24.6 Å². The highest BCUT2D eigenvalue weighted by atomic mass is 79.9. The SMILES string of the molecule is CCOc1cc(C=NNC(=O)C(=O)Nc2cccc(Cl)c2C)cc(Br)c1OCc1ccc(Cl)cc1Cl. The van der Waals surface area contributed by atoms with Crippen molar-refractivity contribution < 1.29 is 19.1 Å². The van der Waals surface area contributed by atoms with E-state index in [2.05, 4.69) is 31.8 Å². The van der Waals surface area contributed by atoms with Crippen LogP contribution in [0.25, 0.3) is 0 Å². The number of hydrazone groups is 1. The maximum atomic E-state index is 12.2. The average molecular weight is 614 g/mol. The number of carbonyl (C=O) groups is 2. The highest BCUT2D eigenvalue weighted by Gasteiger charge is 2.16. The van der Waals surface area contributed by atoms with Crippen LogP contribution in [0.5, 0.6) is 11.5 Å². The van der Waals surface area contributed by atoms with E-state index in [4.69, 9.17) is 44.3 Å². The number of nitrogens with one attached hydrogen (secondary N) is 2. The summed E-state index contributed by atoms with van der Waals surface area (Å²) in [7, 11) is 0. The van der Waals surface area contributed by atoms with E-state index in [-0.39, 0.29) is 6.61 Å². The molecule has 3 aromatic carbocycles. The van der Waals surface area contributed by atoms with Gasteiger partial charge in [-0.15, -0.1) is 0 Å². The molecule has 0 aliphatic carbocycles. The van der Waals surface area contributed by atoms with Crippen LogP contribution in [0, 0.1) is 6.92 Å². The summed E-state index contributed by atoms with van der Waals surface area (Å²) in [5.74, 6) is -0.882. The normalized spacial score (nSPS) is 10.8. The third-order valence-corrected chi connectivity index (χ3v) is 6.41. The van der Waals surface area contributed by atoms with Gasteiger partial charge in [0.2, 0.25) is 0 Å². The van der Waals surface area contributed by atoms with Crippen LogP contribution >= 0.6 is 50.7 Å². The van der Waals surface area contributed by atoms with Crippen LogP contribution in [0.1, 0.15) is 23.6 Å². The Morgan fingerprint density at radius 1 is 1.03 bits per heavy atom. The third kappa shape index (κ3) is 7.36. The van der Waals surface area contributed by atoms with Crippen molar-refractivity contribution in [3.8, 4) is 11.5 Å². The van der Waals surface area contributed by atoms with Gasteiger partial charge in [-0.2, -0.15) is 5.10 Å². The minimum Gasteiger partial charge on any atom is -0.490 e. The molecule has 7 nitrogen and oxygen atoms in total. The van der Waals surface area contributed by atoms with Gasteiger partial charge in [-0.3, -0.25) is 9.59 Å². The number of rotatable bonds is 8. The van der Waals surface area contributed by atoms with Gasteiger partial charge in [0.25, 0.3) is 0 Å². The van der Waals surface area contributed by atoms with E-state index < -0.39 is 11.8 Å². The number of hydrogen-bond donors (Lipinski definition) is 2. The number of amides is 2. The average Bonchev–Trinajstić information content (AvgIpc) is 2.82. The van der Waals surface area contributed by atoms with E-state index in [9.17, 15) is 9.59 Å². The molecule has 0 heterocycles. The lowest BCUT2D eigenvalue weighted by Crippen LogP contribution is -2.32. The number of anilines is 1. The van der Waals surface area contributed by atoms with Gasteiger partial charge in [0.05, 0.1) is 17.3 Å². The van der Waals surface area contributed by atoms with Gasteiger partial charge in [0.1, 0.15) is 6.61 Å². The Bertz CT molecular complexity index is 1320. The molecule has 0 aliphatic rings. The molecule has 0 spiro atoms. The van der Waals surface area contributed by atoms with Gasteiger partial charge >= 0.3 is 11.8 Å². The van der Waals surface area contributed by atoms with Gasteiger partial charge < -0.3 is 14.8 Å². The van der Waals surface area contributed by atoms with Crippen molar-refractivity contribution >= 4 is 74.4 Å². The Balaban J connectivity index is 1.68. The van der Waals surface area contributed by atoms with Gasteiger partial charge in [0, 0.05) is 26.3 Å². The fraction of sp³-hybridized carbons (Fsp3) is 0.160. The van der Waals surface area contributed by atoms with E-state index in [0.29, 0.717) is 54.5 Å². The second-order valence-corrected chi connectivity index (χ2v) is 9.46. The fourth-order valence-corrected chi connectivity index (χ4v) is 4.20. The molecule has 0 aliphatic heterocycles. The summed E-state index contributed by atoms with van der Waals surface area (Å²) >= 11 is 21.7. The Labute approximate surface area is 231 Å². The standard InChI is InChI=1S/C25H21BrCl3N3O4/c1-3-35-22-10-15(9-18(26)23(22)36-13-16-7-8-17(27)11-20(16)29)12-30-32-25(34)24(33)31-21-6-4-5-19(28)14(21)2/h4-12H,3,13H2,1-2H3,(H,31,33)(H,32,34). The lowest BCUT2D eigenvalue weighted by atomic mass is 10.2. The van der Waals surface area contributed by atoms with E-state index in [0.717, 1.165) is 5.56 Å². The molecule has 0 saturated heterocycles. The Morgan fingerprint density at radius 2 is 1.81 bits per heavy atom. The minimum atomic E-state index is -0.936. The van der Waals surface area contributed by atoms with Gasteiger partial charge in [0.15, 0.2) is 11.5 Å². The lowest BCUT2D eigenvalue weighted by molar-refractivity contribution is -0.136. The predicted octanol–water partition coefficient (Wildman–Crippen LogP) is 6.78. The van der Waals surface area contributed by atoms with E-state index in [1.165, 1.54) is 6.21 Å². The highest BCUT2D eigenvalue weighted by Crippen LogP contribution is 2.37. The molecule has 188 valence electrons. The molecule has 2 amide bonds. The Hall–Kier alpha value is -2.78. The zero-order chi connectivity index (χ0) is 26.2. The minimum absolute atomic E-state index is 0.194. The number of ether oxygens (including phenoxy) is 2. The monoisotopic (exact) mass is 611 g/mol. The zero-order valence-corrected chi connectivity index (χ0v) is 23.1. The molecule has 3 rings (SSSR count). The van der Waals surface area contributed by atoms with Gasteiger partial charge in [-0.25, -0.2) is 5.43 Å². The molecule has 11 heteroatoms. The summed E-state index contributed by atoms with van der Waals surface area (Å²) in [4.78, 5) is 24.3. The molecule has 0 bridgehead atoms. The first-order valence-corrected chi connectivity index (χ1v) is 12.5. The highest BCUT2D eigenvalue weighted by molar-refractivity contribution is 9.10. The van der Waals surface area contributed by atoms with Crippen LogP contribution in [-0.2, 0) is 16.2 Å². The predicted molar refractivity (Wildman–Crippen MR) is 147 cm³/mol. The molecule has 0 saturated carbocycles. The number of benzene rings is 3. The molecule has 36 heavy (non-hydrogen) atoms. The first-order chi connectivity index (χ1) is 17.2. The number of hydrogen-bond acceptors (Lipinski definition) is 5. The maximum absolute atomic E-state index is 12.2. The van der Waals surface area contributed by atoms with Crippen LogP contribution in [0.15, 0.2) is 58.1 Å². The number of carbonyl (C=O) groups excluding carboxylic acids is 2. The molecule has 0 atom stereocenters. The quantitative estimate of drug-likeness (QED) is 0.167. The summed E-state index contributed by atoms with van der Waals surface area (Å²) in [6.07, 6.45) is 1.38. The van der Waals surface area contributed by atoms with Crippen molar-refractivity contribution in [2.24, 2.45) is 5.10 Å². The van der Waals surface area contributed by atoms with E-state index >= 15 is 0 Å². The molecule has 0 aromatic heterocycles. The summed E-state index contributed by atoms with van der Waals surface area (Å²) in [5, 5.41) is 7.88. The van der Waals surface area contributed by atoms with Gasteiger partial charge in [-0.1, -0.05) is 46.9 Å². The van der Waals surface area contributed by atoms with Crippen LogP contribution in [0.4, 0.5) is 5.69 Å². The summed E-state index contributed by atoms with van der Waals surface area (Å²) in [6.45, 7) is 4.17. The van der Waals surface area contributed by atoms with Crippen molar-refractivity contribution in [1.29, 1.82) is 0 Å². The molecule has 0 radical (unpaired) electrons. The molecule has 2 N–H and O–H groups in total. The first kappa shape index (κ1) is 27.8. The fourth-order valence-electron chi connectivity index (χ4n) is 2.99. The van der Waals surface area contributed by atoms with Crippen molar-refractivity contribution in [2.45, 2.75) is 20.5 Å². The van der Waals surface area contributed by atoms with Crippen molar-refractivity contribution in [3.05, 3.63) is 84.8 Å². The van der Waals surface area contributed by atoms with Crippen LogP contribution < -0.4 is 20.2 Å². The van der Waals surface area contributed by atoms with Crippen LogP contribution in [0.2, 0.25) is 15.1 Å². The second-order valence-electron chi connectivity index (χ2n) is 7.35. The molecule has 3 aromatic rings. The molecule has 0 fully saturated rings. The summed E-state index contributed by atoms with van der Waals surface area (Å²) in [6, 6.07) is 13.6. The molecular weight excluding hydrogens is 593 g/mol. The maximum Gasteiger partial charge on any atom is 0.329 e. The number of nitrogens with zero attached hydrogens (tertiary/aromatic N) is 1. The topological polar surface area (TPSA) is 89.0 Å². The summed E-state index contributed by atoms with van der Waals surface area (Å²) < 4.78 is 12.3. The third-order valence-electron chi connectivity index (χ3n) is 4.82. The first-order valence-electron chi connectivity index (χ1n) is 10.6. The Kier molecular flexibility index (Phi) is 10.0. The zero-order valence-electron chi connectivity index (χ0n) is 19.2. The largest absolute Gasteiger partial charge is 0.490 e. The van der Waals surface area contributed by atoms with E-state index in [1.54, 1.807) is 55.5 Å². The van der Waals surface area contributed by atoms with Crippen molar-refractivity contribution in [1.82, 2.24) is 5.43 Å².